The molecule has 0 saturated carbocycles. The Kier molecular flexibility index (Phi) is 6.10. The van der Waals surface area contributed by atoms with Crippen LogP contribution in [0, 0.1) is 0 Å². The fourth-order valence-corrected chi connectivity index (χ4v) is 3.91. The van der Waals surface area contributed by atoms with Crippen LogP contribution in [-0.2, 0) is 6.54 Å². The van der Waals surface area contributed by atoms with Crippen LogP contribution in [0.3, 0.4) is 0 Å². The number of carbonyl (C=O) groups is 1. The lowest BCUT2D eigenvalue weighted by molar-refractivity contribution is 0.0951. The molecule has 4 rings (SSSR count). The van der Waals surface area contributed by atoms with Gasteiger partial charge in [0.25, 0.3) is 5.91 Å². The molecule has 5 nitrogen and oxygen atoms in total. The zero-order valence-electron chi connectivity index (χ0n) is 16.5. The molecule has 2 aromatic carbocycles. The van der Waals surface area contributed by atoms with Gasteiger partial charge < -0.3 is 10.2 Å². The van der Waals surface area contributed by atoms with E-state index in [1.54, 1.807) is 24.2 Å². The average molecular weight is 405 g/mol. The van der Waals surface area contributed by atoms with Gasteiger partial charge in [-0.15, -0.1) is 11.8 Å². The quantitative estimate of drug-likeness (QED) is 0.617. The summed E-state index contributed by atoms with van der Waals surface area (Å²) in [7, 11) is 0. The smallest absolute Gasteiger partial charge is 0.251 e. The Bertz CT molecular complexity index is 967. The third kappa shape index (κ3) is 4.59. The molecule has 1 aliphatic rings. The van der Waals surface area contributed by atoms with E-state index in [1.165, 1.54) is 17.7 Å². The zero-order chi connectivity index (χ0) is 20.1. The van der Waals surface area contributed by atoms with Gasteiger partial charge in [0, 0.05) is 48.1 Å². The minimum absolute atomic E-state index is 0.0793. The van der Waals surface area contributed by atoms with Crippen molar-refractivity contribution in [1.29, 1.82) is 0 Å². The van der Waals surface area contributed by atoms with Crippen LogP contribution in [0.5, 0.6) is 0 Å². The largest absolute Gasteiger partial charge is 0.355 e. The highest BCUT2D eigenvalue weighted by Gasteiger charge is 2.18. The molecule has 0 bridgehead atoms. The lowest BCUT2D eigenvalue weighted by Crippen LogP contribution is -2.22. The van der Waals surface area contributed by atoms with E-state index in [0.717, 1.165) is 35.7 Å². The van der Waals surface area contributed by atoms with E-state index >= 15 is 0 Å². The SMILES string of the molecule is CSc1ccc(CNC(=O)c2ccc(-c3nccnc3N3CCCC3)cc2)cc1. The van der Waals surface area contributed by atoms with Crippen molar-refractivity contribution in [1.82, 2.24) is 15.3 Å². The van der Waals surface area contributed by atoms with E-state index in [4.69, 9.17) is 0 Å². The van der Waals surface area contributed by atoms with Crippen molar-refractivity contribution in [2.45, 2.75) is 24.3 Å². The summed E-state index contributed by atoms with van der Waals surface area (Å²) in [6.07, 6.45) is 7.89. The fourth-order valence-electron chi connectivity index (χ4n) is 3.50. The molecule has 0 unspecified atom stereocenters. The molecule has 0 spiro atoms. The molecule has 0 aliphatic carbocycles. The number of nitrogens with zero attached hydrogens (tertiary/aromatic N) is 3. The summed E-state index contributed by atoms with van der Waals surface area (Å²) < 4.78 is 0. The Balaban J connectivity index is 1.44. The molecule has 0 radical (unpaired) electrons. The van der Waals surface area contributed by atoms with Crippen LogP contribution in [0.25, 0.3) is 11.3 Å². The van der Waals surface area contributed by atoms with E-state index in [9.17, 15) is 4.79 Å². The van der Waals surface area contributed by atoms with E-state index in [1.807, 2.05) is 36.4 Å². The molecule has 6 heteroatoms. The van der Waals surface area contributed by atoms with Gasteiger partial charge in [0.2, 0.25) is 0 Å². The predicted octanol–water partition coefficient (Wildman–Crippen LogP) is 4.40. The molecule has 148 valence electrons. The van der Waals surface area contributed by atoms with Crippen molar-refractivity contribution in [2.75, 3.05) is 24.2 Å². The molecule has 1 aliphatic heterocycles. The number of benzene rings is 2. The summed E-state index contributed by atoms with van der Waals surface area (Å²) >= 11 is 1.71. The number of hydrogen-bond acceptors (Lipinski definition) is 5. The first-order valence-corrected chi connectivity index (χ1v) is 11.0. The number of hydrogen-bond donors (Lipinski definition) is 1. The molecule has 1 amide bonds. The normalized spacial score (nSPS) is 13.5. The van der Waals surface area contributed by atoms with E-state index in [0.29, 0.717) is 12.1 Å². The zero-order valence-corrected chi connectivity index (χ0v) is 17.3. The fraction of sp³-hybridized carbons (Fsp3) is 0.261. The number of nitrogens with one attached hydrogen (secondary N) is 1. The van der Waals surface area contributed by atoms with Crippen LogP contribution >= 0.6 is 11.8 Å². The Labute approximate surface area is 175 Å². The average Bonchev–Trinajstić information content (AvgIpc) is 3.33. The first kappa shape index (κ1) is 19.5. The second kappa shape index (κ2) is 9.09. The van der Waals surface area contributed by atoms with E-state index in [-0.39, 0.29) is 5.91 Å². The van der Waals surface area contributed by atoms with Crippen molar-refractivity contribution in [3.8, 4) is 11.3 Å². The Morgan fingerprint density at radius 3 is 2.38 bits per heavy atom. The van der Waals surface area contributed by atoms with Gasteiger partial charge in [0.15, 0.2) is 5.82 Å². The van der Waals surface area contributed by atoms with Crippen LogP contribution in [0.4, 0.5) is 5.82 Å². The monoisotopic (exact) mass is 404 g/mol. The molecular formula is C23H24N4OS. The van der Waals surface area contributed by atoms with Gasteiger partial charge in [-0.25, -0.2) is 4.98 Å². The van der Waals surface area contributed by atoms with Gasteiger partial charge in [-0.05, 0) is 48.9 Å². The van der Waals surface area contributed by atoms with Crippen LogP contribution in [0.15, 0.2) is 65.8 Å². The van der Waals surface area contributed by atoms with Crippen LogP contribution in [0.1, 0.15) is 28.8 Å². The lowest BCUT2D eigenvalue weighted by atomic mass is 10.1. The second-order valence-electron chi connectivity index (χ2n) is 7.03. The first-order valence-electron chi connectivity index (χ1n) is 9.82. The number of amides is 1. The summed E-state index contributed by atoms with van der Waals surface area (Å²) in [6.45, 7) is 2.55. The van der Waals surface area contributed by atoms with Crippen molar-refractivity contribution >= 4 is 23.5 Å². The maximum absolute atomic E-state index is 12.5. The Hall–Kier alpha value is -2.86. The van der Waals surface area contributed by atoms with E-state index < -0.39 is 0 Å². The van der Waals surface area contributed by atoms with Crippen molar-refractivity contribution in [3.63, 3.8) is 0 Å². The highest BCUT2D eigenvalue weighted by molar-refractivity contribution is 7.98. The number of anilines is 1. The summed E-state index contributed by atoms with van der Waals surface area (Å²) in [5.74, 6) is 0.847. The summed E-state index contributed by atoms with van der Waals surface area (Å²) in [6, 6.07) is 15.8. The highest BCUT2D eigenvalue weighted by Crippen LogP contribution is 2.29. The van der Waals surface area contributed by atoms with Gasteiger partial charge in [0.1, 0.15) is 5.69 Å². The lowest BCUT2D eigenvalue weighted by Gasteiger charge is -2.19. The molecule has 1 N–H and O–H groups in total. The molecule has 29 heavy (non-hydrogen) atoms. The van der Waals surface area contributed by atoms with Gasteiger partial charge in [-0.2, -0.15) is 0 Å². The third-order valence-electron chi connectivity index (χ3n) is 5.12. The van der Waals surface area contributed by atoms with E-state index in [2.05, 4.69) is 38.6 Å². The molecular weight excluding hydrogens is 380 g/mol. The summed E-state index contributed by atoms with van der Waals surface area (Å²) in [4.78, 5) is 25.1. The van der Waals surface area contributed by atoms with Crippen molar-refractivity contribution in [2.24, 2.45) is 0 Å². The number of thioether (sulfide) groups is 1. The van der Waals surface area contributed by atoms with Gasteiger partial charge >= 0.3 is 0 Å². The molecule has 2 heterocycles. The van der Waals surface area contributed by atoms with Crippen LogP contribution < -0.4 is 10.2 Å². The molecule has 0 atom stereocenters. The Morgan fingerprint density at radius 1 is 1.00 bits per heavy atom. The number of carbonyl (C=O) groups excluding carboxylic acids is 1. The summed E-state index contributed by atoms with van der Waals surface area (Å²) in [5, 5.41) is 2.99. The molecule has 1 fully saturated rings. The van der Waals surface area contributed by atoms with Crippen LogP contribution in [0.2, 0.25) is 0 Å². The first-order chi connectivity index (χ1) is 14.2. The second-order valence-corrected chi connectivity index (χ2v) is 7.91. The molecule has 1 aromatic heterocycles. The topological polar surface area (TPSA) is 58.1 Å². The van der Waals surface area contributed by atoms with Gasteiger partial charge in [0.05, 0.1) is 0 Å². The van der Waals surface area contributed by atoms with Gasteiger partial charge in [-0.3, -0.25) is 9.78 Å². The predicted molar refractivity (Wildman–Crippen MR) is 118 cm³/mol. The molecule has 3 aromatic rings. The van der Waals surface area contributed by atoms with Crippen molar-refractivity contribution in [3.05, 3.63) is 72.1 Å². The van der Waals surface area contributed by atoms with Crippen LogP contribution in [-0.4, -0.2) is 35.2 Å². The minimum Gasteiger partial charge on any atom is -0.355 e. The standard InChI is InChI=1S/C23H24N4OS/c1-29-20-10-4-17(5-11-20)16-26-23(28)19-8-6-18(7-9-19)21-22(25-13-12-24-21)27-14-2-3-15-27/h4-13H,2-3,14-16H2,1H3,(H,26,28). The number of aromatic nitrogens is 2. The molecule has 1 saturated heterocycles. The number of rotatable bonds is 6. The maximum atomic E-state index is 12.5. The highest BCUT2D eigenvalue weighted by atomic mass is 32.2. The van der Waals surface area contributed by atoms with Crippen molar-refractivity contribution < 1.29 is 4.79 Å². The maximum Gasteiger partial charge on any atom is 0.251 e. The van der Waals surface area contributed by atoms with Gasteiger partial charge in [-0.1, -0.05) is 24.3 Å². The Morgan fingerprint density at radius 2 is 1.69 bits per heavy atom. The summed E-state index contributed by atoms with van der Waals surface area (Å²) in [5.41, 5.74) is 3.57. The minimum atomic E-state index is -0.0793. The third-order valence-corrected chi connectivity index (χ3v) is 5.86.